The lowest BCUT2D eigenvalue weighted by Gasteiger charge is -2.19. The molecule has 440 valence electrons. The van der Waals surface area contributed by atoms with E-state index in [1.54, 1.807) is 75.6 Å². The Morgan fingerprint density at radius 2 is 0.847 bits per heavy atom. The molecular weight excluding hydrogens is 1340 g/mol. The summed E-state index contributed by atoms with van der Waals surface area (Å²) in [5.41, 5.74) is 7.61. The minimum absolute atomic E-state index is 0.0185. The van der Waals surface area contributed by atoms with E-state index in [0.29, 0.717) is 91.3 Å². The third-order valence-corrected chi connectivity index (χ3v) is 16.9. The molecule has 3 aliphatic rings. The van der Waals surface area contributed by atoms with Crippen molar-refractivity contribution < 1.29 is 59.0 Å². The number of aromatic carboxylic acids is 1. The van der Waals surface area contributed by atoms with Crippen LogP contribution in [0.4, 0.5) is 39.5 Å². The highest BCUT2D eigenvalue weighted by Gasteiger charge is 2.36. The number of benzene rings is 6. The molecular formula is C66H55F9I2N4O4. The fourth-order valence-corrected chi connectivity index (χ4v) is 12.4. The summed E-state index contributed by atoms with van der Waals surface area (Å²) in [6, 6.07) is 34.9. The molecule has 1 saturated carbocycles. The minimum Gasteiger partial charge on any atom is -0.478 e. The highest BCUT2D eigenvalue weighted by molar-refractivity contribution is 14.1. The van der Waals surface area contributed by atoms with Crippen LogP contribution in [0.15, 0.2) is 158 Å². The molecule has 6 aromatic carbocycles. The molecule has 0 spiro atoms. The molecule has 1 N–H and O–H groups in total. The Morgan fingerprint density at radius 1 is 0.471 bits per heavy atom. The van der Waals surface area contributed by atoms with Gasteiger partial charge < -0.3 is 14.9 Å². The number of hydrogen-bond donors (Lipinski definition) is 1. The summed E-state index contributed by atoms with van der Waals surface area (Å²) in [7, 11) is 0. The van der Waals surface area contributed by atoms with Gasteiger partial charge in [-0.3, -0.25) is 19.6 Å². The Hall–Kier alpha value is -7.14. The number of aromatic nitrogens is 2. The summed E-state index contributed by atoms with van der Waals surface area (Å²) in [6.45, 7) is 7.56. The zero-order valence-corrected chi connectivity index (χ0v) is 50.3. The summed E-state index contributed by atoms with van der Waals surface area (Å²) in [5, 5.41) is 8.91. The molecule has 2 atom stereocenters. The van der Waals surface area contributed by atoms with Crippen molar-refractivity contribution in [1.29, 1.82) is 0 Å². The Kier molecular flexibility index (Phi) is 19.0. The standard InChI is InChI=1S/C27H25F3N2O.C24H20F3IN2O.C15H10F3IO2/c1-17-11-22(13-23(12-17)27(28,29)30)24-7-6-19(14-25(24)18-4-5-18)26(33)32-10-8-21(16-32)20-3-2-9-31-15-20;1-15-9-19(11-20(10-15)24(25,26)27)21-5-4-16(12-22(21)28)23(31)30-8-6-18(14-30)17-3-2-7-29-13-17;1-8-4-10(6-11(5-8)15(16,17)18)12-3-2-9(14(20)21)7-13(12)19/h2-3,6-7,9,11-15,18,21H,4-5,8,10,16H2,1H3;2-5,7,9-13,18H,6,8,14H2,1H3;2-7H,1H3,(H,20,21). The SMILES string of the molecule is Cc1cc(-c2ccc(C(=O)N3CCC(c4cccnc4)C3)cc2C2CC2)cc(C(F)(F)F)c1.Cc1cc(-c2ccc(C(=O)N3CCC(c4cccnc4)C3)cc2I)cc(C(F)(F)F)c1.Cc1cc(-c2ccc(C(=O)O)cc2I)cc(C(F)(F)F)c1. The first-order valence-corrected chi connectivity index (χ1v) is 29.3. The molecule has 2 unspecified atom stereocenters. The lowest BCUT2D eigenvalue weighted by Crippen LogP contribution is -2.28. The first kappa shape index (κ1) is 62.4. The highest BCUT2D eigenvalue weighted by atomic mass is 127. The van der Waals surface area contributed by atoms with Crippen molar-refractivity contribution in [3.05, 3.63) is 232 Å². The van der Waals surface area contributed by atoms with Crippen molar-refractivity contribution in [2.45, 2.75) is 82.7 Å². The fourth-order valence-electron chi connectivity index (χ4n) is 10.8. The minimum atomic E-state index is -4.41. The van der Waals surface area contributed by atoms with Crippen LogP contribution in [-0.4, -0.2) is 68.8 Å². The van der Waals surface area contributed by atoms with E-state index in [4.69, 9.17) is 5.11 Å². The second-order valence-corrected chi connectivity index (χ2v) is 23.9. The number of carbonyl (C=O) groups excluding carboxylic acids is 2. The molecule has 85 heavy (non-hydrogen) atoms. The molecule has 2 saturated heterocycles. The average molecular weight is 1390 g/mol. The second kappa shape index (κ2) is 25.8. The first-order valence-electron chi connectivity index (χ1n) is 27.1. The molecule has 2 aromatic heterocycles. The van der Waals surface area contributed by atoms with Gasteiger partial charge in [-0.05, 0) is 249 Å². The summed E-state index contributed by atoms with van der Waals surface area (Å²) in [5.74, 6) is -0.308. The van der Waals surface area contributed by atoms with Crippen LogP contribution in [0.2, 0.25) is 0 Å². The molecule has 1 aliphatic carbocycles. The normalized spacial score (nSPS) is 16.1. The van der Waals surface area contributed by atoms with Gasteiger partial charge in [-0.2, -0.15) is 39.5 Å². The van der Waals surface area contributed by atoms with Crippen LogP contribution in [0, 0.1) is 27.9 Å². The van der Waals surface area contributed by atoms with Gasteiger partial charge in [0, 0.05) is 81.1 Å². The van der Waals surface area contributed by atoms with Crippen LogP contribution in [-0.2, 0) is 18.5 Å². The number of carboxylic acids is 1. The van der Waals surface area contributed by atoms with Gasteiger partial charge in [0.2, 0.25) is 0 Å². The quantitative estimate of drug-likeness (QED) is 0.114. The van der Waals surface area contributed by atoms with Crippen LogP contribution in [0.3, 0.4) is 0 Å². The highest BCUT2D eigenvalue weighted by Crippen LogP contribution is 2.46. The number of pyridine rings is 2. The Bertz CT molecular complexity index is 3780. The molecule has 0 radical (unpaired) electrons. The zero-order valence-electron chi connectivity index (χ0n) is 46.0. The van der Waals surface area contributed by atoms with Gasteiger partial charge in [-0.15, -0.1) is 0 Å². The Morgan fingerprint density at radius 3 is 1.21 bits per heavy atom. The maximum absolute atomic E-state index is 13.4. The van der Waals surface area contributed by atoms with Crippen molar-refractivity contribution in [3.63, 3.8) is 0 Å². The molecule has 2 amide bonds. The van der Waals surface area contributed by atoms with Crippen molar-refractivity contribution >= 4 is 63.0 Å². The van der Waals surface area contributed by atoms with Crippen LogP contribution in [0.5, 0.6) is 0 Å². The third kappa shape index (κ3) is 15.5. The summed E-state index contributed by atoms with van der Waals surface area (Å²) >= 11 is 4.01. The molecule has 2 aliphatic heterocycles. The summed E-state index contributed by atoms with van der Waals surface area (Å²) in [6.07, 6.45) is -2.25. The number of carboxylic acid groups (broad SMARTS) is 1. The van der Waals surface area contributed by atoms with Gasteiger partial charge in [-0.1, -0.05) is 48.5 Å². The number of amides is 2. The number of likely N-dealkylation sites (tertiary alicyclic amines) is 2. The van der Waals surface area contributed by atoms with Crippen molar-refractivity contribution in [2.24, 2.45) is 0 Å². The maximum Gasteiger partial charge on any atom is 0.416 e. The van der Waals surface area contributed by atoms with Crippen LogP contribution < -0.4 is 0 Å². The van der Waals surface area contributed by atoms with E-state index in [2.05, 4.69) is 32.6 Å². The maximum atomic E-state index is 13.4. The van der Waals surface area contributed by atoms with Crippen molar-refractivity contribution in [1.82, 2.24) is 19.8 Å². The first-order chi connectivity index (χ1) is 40.2. The monoisotopic (exact) mass is 1390 g/mol. The van der Waals surface area contributed by atoms with Crippen molar-refractivity contribution in [2.75, 3.05) is 26.2 Å². The van der Waals surface area contributed by atoms with E-state index in [1.165, 1.54) is 30.3 Å². The molecule has 3 fully saturated rings. The average Bonchev–Trinajstić information content (AvgIpc) is 3.14. The number of rotatable bonds is 9. The number of aryl methyl sites for hydroxylation is 3. The van der Waals surface area contributed by atoms with Crippen molar-refractivity contribution in [3.8, 4) is 33.4 Å². The fraction of sp³-hybridized carbons (Fsp3) is 0.258. The van der Waals surface area contributed by atoms with Crippen LogP contribution in [0.1, 0.15) is 125 Å². The van der Waals surface area contributed by atoms with E-state index in [1.807, 2.05) is 81.2 Å². The molecule has 0 bridgehead atoms. The van der Waals surface area contributed by atoms with Gasteiger partial charge in [0.1, 0.15) is 0 Å². The van der Waals surface area contributed by atoms with Gasteiger partial charge in [0.25, 0.3) is 11.8 Å². The zero-order chi connectivity index (χ0) is 61.1. The lowest BCUT2D eigenvalue weighted by molar-refractivity contribution is -0.138. The Labute approximate surface area is 512 Å². The van der Waals surface area contributed by atoms with Gasteiger partial charge in [0.15, 0.2) is 0 Å². The smallest absolute Gasteiger partial charge is 0.416 e. The molecule has 8 aromatic rings. The third-order valence-electron chi connectivity index (χ3n) is 15.2. The van der Waals surface area contributed by atoms with E-state index >= 15 is 0 Å². The number of halogens is 11. The summed E-state index contributed by atoms with van der Waals surface area (Å²) in [4.78, 5) is 49.2. The van der Waals surface area contributed by atoms with E-state index in [0.717, 1.165) is 75.8 Å². The van der Waals surface area contributed by atoms with Gasteiger partial charge in [0.05, 0.1) is 22.3 Å². The number of carbonyl (C=O) groups is 3. The topological polar surface area (TPSA) is 104 Å². The van der Waals surface area contributed by atoms with Crippen LogP contribution >= 0.6 is 45.2 Å². The summed E-state index contributed by atoms with van der Waals surface area (Å²) < 4.78 is 120. The lowest BCUT2D eigenvalue weighted by atomic mass is 9.92. The number of alkyl halides is 9. The number of nitrogens with zero attached hydrogens (tertiary/aromatic N) is 4. The molecule has 19 heteroatoms. The van der Waals surface area contributed by atoms with Gasteiger partial charge >= 0.3 is 24.5 Å². The van der Waals surface area contributed by atoms with E-state index in [9.17, 15) is 53.9 Å². The van der Waals surface area contributed by atoms with E-state index in [-0.39, 0.29) is 29.2 Å². The predicted octanol–water partition coefficient (Wildman–Crippen LogP) is 17.9. The Balaban J connectivity index is 0.000000157. The van der Waals surface area contributed by atoms with E-state index < -0.39 is 41.2 Å². The molecule has 11 rings (SSSR count). The largest absolute Gasteiger partial charge is 0.478 e. The second-order valence-electron chi connectivity index (χ2n) is 21.6. The molecule has 8 nitrogen and oxygen atoms in total. The number of hydrogen-bond acceptors (Lipinski definition) is 5. The van der Waals surface area contributed by atoms with Crippen LogP contribution in [0.25, 0.3) is 33.4 Å². The molecule has 4 heterocycles. The predicted molar refractivity (Wildman–Crippen MR) is 324 cm³/mol. The van der Waals surface area contributed by atoms with Gasteiger partial charge in [-0.25, -0.2) is 4.79 Å².